The summed E-state index contributed by atoms with van der Waals surface area (Å²) >= 11 is 0. The third kappa shape index (κ3) is 4.04. The summed E-state index contributed by atoms with van der Waals surface area (Å²) in [6, 6.07) is 9.26. The van der Waals surface area contributed by atoms with Crippen molar-refractivity contribution in [3.8, 4) is 0 Å². The SMILES string of the molecule is Cc1cccc(N(C)CCn2cc(CNC3CC3)nn2)c1. The molecule has 1 aliphatic rings. The number of nitrogens with zero attached hydrogens (tertiary/aromatic N) is 4. The van der Waals surface area contributed by atoms with Crippen LogP contribution in [0.2, 0.25) is 0 Å². The fraction of sp³-hybridized carbons (Fsp3) is 0.500. The van der Waals surface area contributed by atoms with E-state index in [0.29, 0.717) is 6.04 Å². The Kier molecular flexibility index (Phi) is 4.20. The first-order valence-corrected chi connectivity index (χ1v) is 7.61. The quantitative estimate of drug-likeness (QED) is 0.845. The van der Waals surface area contributed by atoms with Crippen molar-refractivity contribution in [2.75, 3.05) is 18.5 Å². The Balaban J connectivity index is 1.49. The van der Waals surface area contributed by atoms with Crippen molar-refractivity contribution in [2.45, 2.75) is 38.9 Å². The van der Waals surface area contributed by atoms with E-state index >= 15 is 0 Å². The molecule has 3 rings (SSSR count). The van der Waals surface area contributed by atoms with Crippen LogP contribution in [0.15, 0.2) is 30.5 Å². The number of nitrogens with one attached hydrogen (secondary N) is 1. The molecule has 5 heteroatoms. The second-order valence-corrected chi connectivity index (χ2v) is 5.89. The van der Waals surface area contributed by atoms with Crippen molar-refractivity contribution in [1.29, 1.82) is 0 Å². The first kappa shape index (κ1) is 14.1. The third-order valence-electron chi connectivity index (χ3n) is 3.84. The molecule has 0 bridgehead atoms. The van der Waals surface area contributed by atoms with Crippen LogP contribution in [0, 0.1) is 6.92 Å². The summed E-state index contributed by atoms with van der Waals surface area (Å²) in [4.78, 5) is 2.25. The van der Waals surface area contributed by atoms with Crippen molar-refractivity contribution in [2.24, 2.45) is 0 Å². The third-order valence-corrected chi connectivity index (χ3v) is 3.84. The van der Waals surface area contributed by atoms with Gasteiger partial charge in [0.05, 0.1) is 12.2 Å². The van der Waals surface area contributed by atoms with E-state index in [2.05, 4.69) is 58.8 Å². The van der Waals surface area contributed by atoms with E-state index in [-0.39, 0.29) is 0 Å². The molecule has 2 aromatic rings. The zero-order valence-corrected chi connectivity index (χ0v) is 12.8. The standard InChI is InChI=1S/C16H23N5/c1-13-4-3-5-16(10-13)20(2)8-9-21-12-15(18-19-21)11-17-14-6-7-14/h3-5,10,12,14,17H,6-9,11H2,1-2H3. The van der Waals surface area contributed by atoms with E-state index in [4.69, 9.17) is 0 Å². The van der Waals surface area contributed by atoms with Crippen LogP contribution in [-0.2, 0) is 13.1 Å². The van der Waals surface area contributed by atoms with Crippen molar-refractivity contribution in [1.82, 2.24) is 20.3 Å². The minimum atomic E-state index is 0.711. The predicted octanol–water partition coefficient (Wildman–Crippen LogP) is 1.97. The van der Waals surface area contributed by atoms with Crippen LogP contribution in [0.1, 0.15) is 24.1 Å². The predicted molar refractivity (Wildman–Crippen MR) is 84.3 cm³/mol. The number of benzene rings is 1. The summed E-state index contributed by atoms with van der Waals surface area (Å²) in [6.45, 7) is 4.72. The van der Waals surface area contributed by atoms with E-state index in [9.17, 15) is 0 Å². The molecule has 1 aliphatic carbocycles. The Bertz CT molecular complexity index is 588. The van der Waals surface area contributed by atoms with Gasteiger partial charge in [0.25, 0.3) is 0 Å². The normalized spacial score (nSPS) is 14.4. The summed E-state index contributed by atoms with van der Waals surface area (Å²) in [5.74, 6) is 0. The maximum atomic E-state index is 4.21. The van der Waals surface area contributed by atoms with Gasteiger partial charge in [0.2, 0.25) is 0 Å². The fourth-order valence-corrected chi connectivity index (χ4v) is 2.31. The highest BCUT2D eigenvalue weighted by Gasteiger charge is 2.20. The molecule has 1 aromatic carbocycles. The van der Waals surface area contributed by atoms with Crippen LogP contribution in [0.4, 0.5) is 5.69 Å². The lowest BCUT2D eigenvalue weighted by Crippen LogP contribution is -2.23. The largest absolute Gasteiger partial charge is 0.373 e. The molecule has 21 heavy (non-hydrogen) atoms. The monoisotopic (exact) mass is 285 g/mol. The van der Waals surface area contributed by atoms with E-state index < -0.39 is 0 Å². The van der Waals surface area contributed by atoms with Crippen molar-refractivity contribution in [3.05, 3.63) is 41.7 Å². The smallest absolute Gasteiger partial charge is 0.0964 e. The van der Waals surface area contributed by atoms with Gasteiger partial charge in [-0.3, -0.25) is 4.68 Å². The van der Waals surface area contributed by atoms with Gasteiger partial charge in [0.1, 0.15) is 0 Å². The fourth-order valence-electron chi connectivity index (χ4n) is 2.31. The lowest BCUT2D eigenvalue weighted by atomic mass is 10.2. The average molecular weight is 285 g/mol. The molecule has 1 fully saturated rings. The summed E-state index contributed by atoms with van der Waals surface area (Å²) in [5.41, 5.74) is 3.55. The van der Waals surface area contributed by atoms with E-state index in [0.717, 1.165) is 25.3 Å². The van der Waals surface area contributed by atoms with Crippen molar-refractivity contribution in [3.63, 3.8) is 0 Å². The zero-order valence-electron chi connectivity index (χ0n) is 12.8. The molecule has 0 amide bonds. The molecule has 0 unspecified atom stereocenters. The Morgan fingerprint density at radius 2 is 2.24 bits per heavy atom. The Hall–Kier alpha value is -1.88. The van der Waals surface area contributed by atoms with E-state index in [1.165, 1.54) is 24.1 Å². The van der Waals surface area contributed by atoms with Gasteiger partial charge in [0, 0.05) is 38.1 Å². The molecule has 1 aromatic heterocycles. The second-order valence-electron chi connectivity index (χ2n) is 5.89. The number of rotatable bonds is 7. The topological polar surface area (TPSA) is 46.0 Å². The highest BCUT2D eigenvalue weighted by atomic mass is 15.4. The minimum absolute atomic E-state index is 0.711. The van der Waals surface area contributed by atoms with Crippen LogP contribution in [-0.4, -0.2) is 34.6 Å². The van der Waals surface area contributed by atoms with E-state index in [1.807, 2.05) is 10.9 Å². The molecule has 1 saturated carbocycles. The van der Waals surface area contributed by atoms with Gasteiger partial charge in [-0.25, -0.2) is 0 Å². The summed E-state index contributed by atoms with van der Waals surface area (Å²) in [5, 5.41) is 11.9. The Morgan fingerprint density at radius 3 is 3.00 bits per heavy atom. The molecule has 0 saturated heterocycles. The number of likely N-dealkylation sites (N-methyl/N-ethyl adjacent to an activating group) is 1. The number of anilines is 1. The van der Waals surface area contributed by atoms with Crippen LogP contribution in [0.25, 0.3) is 0 Å². The second kappa shape index (κ2) is 6.26. The lowest BCUT2D eigenvalue weighted by molar-refractivity contribution is 0.587. The van der Waals surface area contributed by atoms with E-state index in [1.54, 1.807) is 0 Å². The van der Waals surface area contributed by atoms with Crippen LogP contribution < -0.4 is 10.2 Å². The van der Waals surface area contributed by atoms with Gasteiger partial charge < -0.3 is 10.2 Å². The molecule has 0 radical (unpaired) electrons. The van der Waals surface area contributed by atoms with Crippen LogP contribution >= 0.6 is 0 Å². The highest BCUT2D eigenvalue weighted by Crippen LogP contribution is 2.19. The Labute approximate surface area is 126 Å². The summed E-state index contributed by atoms with van der Waals surface area (Å²) < 4.78 is 1.93. The zero-order chi connectivity index (χ0) is 14.7. The van der Waals surface area contributed by atoms with Crippen molar-refractivity contribution < 1.29 is 0 Å². The first-order chi connectivity index (χ1) is 10.2. The van der Waals surface area contributed by atoms with Gasteiger partial charge in [-0.15, -0.1) is 5.10 Å². The number of aromatic nitrogens is 3. The average Bonchev–Trinajstić information content (AvgIpc) is 3.21. The van der Waals surface area contributed by atoms with Gasteiger partial charge in [-0.2, -0.15) is 0 Å². The number of hydrogen-bond donors (Lipinski definition) is 1. The van der Waals surface area contributed by atoms with Gasteiger partial charge in [-0.1, -0.05) is 17.3 Å². The highest BCUT2D eigenvalue weighted by molar-refractivity contribution is 5.47. The molecule has 1 heterocycles. The van der Waals surface area contributed by atoms with Gasteiger partial charge in [-0.05, 0) is 37.5 Å². The molecule has 1 N–H and O–H groups in total. The van der Waals surface area contributed by atoms with Crippen molar-refractivity contribution >= 4 is 5.69 Å². The molecular formula is C16H23N5. The number of aryl methyl sites for hydroxylation is 1. The number of hydrogen-bond acceptors (Lipinski definition) is 4. The summed E-state index contributed by atoms with van der Waals surface area (Å²) in [6.07, 6.45) is 4.64. The molecule has 5 nitrogen and oxygen atoms in total. The van der Waals surface area contributed by atoms with Gasteiger partial charge in [0.15, 0.2) is 0 Å². The maximum absolute atomic E-state index is 4.21. The molecule has 0 spiro atoms. The molecule has 112 valence electrons. The lowest BCUT2D eigenvalue weighted by Gasteiger charge is -2.19. The van der Waals surface area contributed by atoms with Gasteiger partial charge >= 0.3 is 0 Å². The maximum Gasteiger partial charge on any atom is 0.0964 e. The molecule has 0 aliphatic heterocycles. The minimum Gasteiger partial charge on any atom is -0.373 e. The first-order valence-electron chi connectivity index (χ1n) is 7.61. The Morgan fingerprint density at radius 1 is 1.38 bits per heavy atom. The van der Waals surface area contributed by atoms with Crippen LogP contribution in [0.5, 0.6) is 0 Å². The summed E-state index contributed by atoms with van der Waals surface area (Å²) in [7, 11) is 2.11. The van der Waals surface area contributed by atoms with Crippen LogP contribution in [0.3, 0.4) is 0 Å². The molecule has 0 atom stereocenters. The molecular weight excluding hydrogens is 262 g/mol.